The first kappa shape index (κ1) is 12.7. The van der Waals surface area contributed by atoms with Gasteiger partial charge in [0.1, 0.15) is 6.04 Å². The lowest BCUT2D eigenvalue weighted by Crippen LogP contribution is -2.38. The van der Waals surface area contributed by atoms with E-state index in [4.69, 9.17) is 4.74 Å². The molecular formula is C16H15NO3. The van der Waals surface area contributed by atoms with Crippen LogP contribution in [0.1, 0.15) is 12.0 Å². The van der Waals surface area contributed by atoms with Gasteiger partial charge in [0.15, 0.2) is 0 Å². The van der Waals surface area contributed by atoms with Crippen molar-refractivity contribution < 1.29 is 14.3 Å². The second-order valence-corrected chi connectivity index (χ2v) is 4.93. The molecule has 1 fully saturated rings. The van der Waals surface area contributed by atoms with Crippen LogP contribution in [0.3, 0.4) is 0 Å². The van der Waals surface area contributed by atoms with Gasteiger partial charge in [0.2, 0.25) is 5.91 Å². The molecule has 0 bridgehead atoms. The van der Waals surface area contributed by atoms with Crippen LogP contribution < -0.4 is 5.32 Å². The third kappa shape index (κ3) is 2.64. The Bertz CT molecular complexity index is 666. The van der Waals surface area contributed by atoms with E-state index in [-0.39, 0.29) is 18.3 Å². The Morgan fingerprint density at radius 2 is 2.00 bits per heavy atom. The third-order valence-corrected chi connectivity index (χ3v) is 3.45. The van der Waals surface area contributed by atoms with Gasteiger partial charge in [0.05, 0.1) is 13.0 Å². The molecule has 1 aliphatic heterocycles. The first-order valence-corrected chi connectivity index (χ1v) is 6.66. The second-order valence-electron chi connectivity index (χ2n) is 4.93. The zero-order chi connectivity index (χ0) is 13.9. The first-order valence-electron chi connectivity index (χ1n) is 6.66. The molecule has 3 rings (SSSR count). The summed E-state index contributed by atoms with van der Waals surface area (Å²) >= 11 is 0. The molecule has 1 amide bonds. The molecule has 1 atom stereocenters. The van der Waals surface area contributed by atoms with Crippen molar-refractivity contribution in [2.45, 2.75) is 18.9 Å². The monoisotopic (exact) mass is 269 g/mol. The first-order chi connectivity index (χ1) is 9.72. The minimum atomic E-state index is -0.483. The zero-order valence-corrected chi connectivity index (χ0v) is 11.0. The van der Waals surface area contributed by atoms with E-state index in [0.717, 1.165) is 16.3 Å². The number of benzene rings is 2. The van der Waals surface area contributed by atoms with Crippen LogP contribution in [0.5, 0.6) is 0 Å². The van der Waals surface area contributed by atoms with Crippen molar-refractivity contribution in [3.05, 3.63) is 48.0 Å². The maximum atomic E-state index is 11.9. The minimum absolute atomic E-state index is 0.149. The highest BCUT2D eigenvalue weighted by atomic mass is 16.5. The minimum Gasteiger partial charge on any atom is -0.464 e. The maximum Gasteiger partial charge on any atom is 0.328 e. The molecule has 1 N–H and O–H groups in total. The Morgan fingerprint density at radius 1 is 1.20 bits per heavy atom. The van der Waals surface area contributed by atoms with Gasteiger partial charge in [-0.25, -0.2) is 4.79 Å². The van der Waals surface area contributed by atoms with Crippen molar-refractivity contribution >= 4 is 22.6 Å². The molecule has 0 aromatic heterocycles. The number of rotatable bonds is 3. The predicted octanol–water partition coefficient (Wildman–Crippen LogP) is 1.81. The molecule has 1 saturated heterocycles. The summed E-state index contributed by atoms with van der Waals surface area (Å²) in [5, 5.41) is 4.97. The molecule has 2 aromatic carbocycles. The van der Waals surface area contributed by atoms with Gasteiger partial charge in [0, 0.05) is 6.42 Å². The largest absolute Gasteiger partial charge is 0.464 e. The van der Waals surface area contributed by atoms with E-state index >= 15 is 0 Å². The summed E-state index contributed by atoms with van der Waals surface area (Å²) in [6.45, 7) is 0.389. The number of cyclic esters (lactones) is 1. The fraction of sp³-hybridized carbons (Fsp3) is 0.250. The van der Waals surface area contributed by atoms with Crippen LogP contribution >= 0.6 is 0 Å². The number of hydrogen-bond donors (Lipinski definition) is 1. The molecule has 1 aliphatic rings. The van der Waals surface area contributed by atoms with E-state index in [9.17, 15) is 9.59 Å². The lowest BCUT2D eigenvalue weighted by Gasteiger charge is -2.09. The van der Waals surface area contributed by atoms with Crippen LogP contribution in [0.25, 0.3) is 10.8 Å². The molecule has 0 saturated carbocycles. The van der Waals surface area contributed by atoms with E-state index in [1.807, 2.05) is 42.5 Å². The number of amides is 1. The molecule has 102 valence electrons. The van der Waals surface area contributed by atoms with Gasteiger partial charge >= 0.3 is 5.97 Å². The van der Waals surface area contributed by atoms with E-state index in [1.54, 1.807) is 0 Å². The second kappa shape index (κ2) is 5.33. The van der Waals surface area contributed by atoms with E-state index in [2.05, 4.69) is 5.32 Å². The van der Waals surface area contributed by atoms with E-state index in [1.165, 1.54) is 0 Å². The van der Waals surface area contributed by atoms with Crippen molar-refractivity contribution in [1.82, 2.24) is 5.32 Å². The fourth-order valence-corrected chi connectivity index (χ4v) is 2.41. The van der Waals surface area contributed by atoms with Crippen molar-refractivity contribution in [3.63, 3.8) is 0 Å². The van der Waals surface area contributed by atoms with Crippen LogP contribution in [0.15, 0.2) is 42.5 Å². The number of carbonyl (C=O) groups is 2. The predicted molar refractivity (Wildman–Crippen MR) is 75.2 cm³/mol. The number of esters is 1. The summed E-state index contributed by atoms with van der Waals surface area (Å²) < 4.78 is 4.82. The molecule has 0 aliphatic carbocycles. The fourth-order valence-electron chi connectivity index (χ4n) is 2.41. The Balaban J connectivity index is 1.69. The highest BCUT2D eigenvalue weighted by Gasteiger charge is 2.27. The molecule has 4 nitrogen and oxygen atoms in total. The zero-order valence-electron chi connectivity index (χ0n) is 11.0. The summed E-state index contributed by atoms with van der Waals surface area (Å²) in [4.78, 5) is 23.2. The number of nitrogens with one attached hydrogen (secondary N) is 1. The smallest absolute Gasteiger partial charge is 0.328 e. The molecule has 20 heavy (non-hydrogen) atoms. The van der Waals surface area contributed by atoms with Crippen LogP contribution in [0.2, 0.25) is 0 Å². The Kier molecular flexibility index (Phi) is 3.37. The van der Waals surface area contributed by atoms with Crippen LogP contribution in [0.4, 0.5) is 0 Å². The third-order valence-electron chi connectivity index (χ3n) is 3.45. The number of hydrogen-bond acceptors (Lipinski definition) is 3. The van der Waals surface area contributed by atoms with Crippen molar-refractivity contribution in [2.24, 2.45) is 0 Å². The molecule has 0 spiro atoms. The SMILES string of the molecule is O=C(Cc1ccc2ccccc2c1)N[C@H]1CCOC1=O. The van der Waals surface area contributed by atoms with Gasteiger partial charge in [-0.05, 0) is 16.3 Å². The topological polar surface area (TPSA) is 55.4 Å². The standard InChI is InChI=1S/C16H15NO3/c18-15(17-14-7-8-20-16(14)19)10-11-5-6-12-3-1-2-4-13(12)9-11/h1-6,9,14H,7-8,10H2,(H,17,18)/t14-/m0/s1. The summed E-state index contributed by atoms with van der Waals surface area (Å²) in [7, 11) is 0. The molecule has 2 aromatic rings. The number of carbonyl (C=O) groups excluding carboxylic acids is 2. The van der Waals surface area contributed by atoms with Gasteiger partial charge < -0.3 is 10.1 Å². The van der Waals surface area contributed by atoms with Gasteiger partial charge in [-0.15, -0.1) is 0 Å². The van der Waals surface area contributed by atoms with Crippen LogP contribution in [-0.4, -0.2) is 24.5 Å². The van der Waals surface area contributed by atoms with Crippen LogP contribution in [0, 0.1) is 0 Å². The van der Waals surface area contributed by atoms with Gasteiger partial charge in [-0.1, -0.05) is 42.5 Å². The average molecular weight is 269 g/mol. The normalized spacial score (nSPS) is 18.0. The molecule has 1 heterocycles. The Morgan fingerprint density at radius 3 is 2.75 bits per heavy atom. The molecular weight excluding hydrogens is 254 g/mol. The van der Waals surface area contributed by atoms with E-state index in [0.29, 0.717) is 13.0 Å². The maximum absolute atomic E-state index is 11.9. The van der Waals surface area contributed by atoms with Crippen molar-refractivity contribution in [1.29, 1.82) is 0 Å². The van der Waals surface area contributed by atoms with Crippen LogP contribution in [-0.2, 0) is 20.7 Å². The summed E-state index contributed by atoms with van der Waals surface area (Å²) in [5.41, 5.74) is 0.938. The lowest BCUT2D eigenvalue weighted by molar-refractivity contribution is -0.141. The number of fused-ring (bicyclic) bond motifs is 1. The van der Waals surface area contributed by atoms with Crippen molar-refractivity contribution in [3.8, 4) is 0 Å². The highest BCUT2D eigenvalue weighted by Crippen LogP contribution is 2.16. The summed E-state index contributed by atoms with van der Waals surface area (Å²) in [6.07, 6.45) is 0.830. The van der Waals surface area contributed by atoms with Crippen molar-refractivity contribution in [2.75, 3.05) is 6.61 Å². The average Bonchev–Trinajstić information content (AvgIpc) is 2.84. The summed E-state index contributed by atoms with van der Waals surface area (Å²) in [6, 6.07) is 13.5. The Hall–Kier alpha value is -2.36. The summed E-state index contributed by atoms with van der Waals surface area (Å²) in [5.74, 6) is -0.485. The molecule has 0 unspecified atom stereocenters. The molecule has 4 heteroatoms. The van der Waals surface area contributed by atoms with E-state index < -0.39 is 6.04 Å². The molecule has 0 radical (unpaired) electrons. The van der Waals surface area contributed by atoms with Gasteiger partial charge in [0.25, 0.3) is 0 Å². The van der Waals surface area contributed by atoms with Gasteiger partial charge in [-0.3, -0.25) is 4.79 Å². The number of ether oxygens (including phenoxy) is 1. The Labute approximate surface area is 116 Å². The lowest BCUT2D eigenvalue weighted by atomic mass is 10.0. The highest BCUT2D eigenvalue weighted by molar-refractivity contribution is 5.88. The quantitative estimate of drug-likeness (QED) is 0.865. The van der Waals surface area contributed by atoms with Gasteiger partial charge in [-0.2, -0.15) is 0 Å².